The number of piperidine rings is 1. The molecule has 0 amide bonds. The van der Waals surface area contributed by atoms with Gasteiger partial charge in [0.1, 0.15) is 5.82 Å². The molecule has 3 aromatic rings. The van der Waals surface area contributed by atoms with Gasteiger partial charge in [0.2, 0.25) is 5.95 Å². The van der Waals surface area contributed by atoms with Crippen LogP contribution in [0.4, 0.5) is 11.8 Å². The van der Waals surface area contributed by atoms with Crippen LogP contribution in [0, 0.1) is 0 Å². The second kappa shape index (κ2) is 6.83. The highest BCUT2D eigenvalue weighted by molar-refractivity contribution is 5.90. The number of nitrogens with zero attached hydrogens (tertiary/aromatic N) is 4. The zero-order valence-electron chi connectivity index (χ0n) is 13.7. The summed E-state index contributed by atoms with van der Waals surface area (Å²) in [5.74, 6) is 1.71. The third-order valence-corrected chi connectivity index (χ3v) is 4.39. The molecule has 24 heavy (non-hydrogen) atoms. The molecule has 5 heteroatoms. The van der Waals surface area contributed by atoms with Crippen LogP contribution in [0.5, 0.6) is 0 Å². The molecule has 0 spiro atoms. The van der Waals surface area contributed by atoms with Gasteiger partial charge >= 0.3 is 0 Å². The van der Waals surface area contributed by atoms with Crippen molar-refractivity contribution in [1.82, 2.24) is 15.0 Å². The minimum Gasteiger partial charge on any atom is -0.364 e. The number of benzene rings is 1. The number of para-hydroxylation sites is 1. The van der Waals surface area contributed by atoms with E-state index in [0.29, 0.717) is 6.54 Å². The Hall–Kier alpha value is -2.69. The van der Waals surface area contributed by atoms with Gasteiger partial charge in [-0.25, -0.2) is 4.98 Å². The fraction of sp³-hybridized carbons (Fsp3) is 0.316. The number of aromatic nitrogens is 3. The van der Waals surface area contributed by atoms with E-state index in [-0.39, 0.29) is 0 Å². The first-order valence-electron chi connectivity index (χ1n) is 8.56. The van der Waals surface area contributed by atoms with E-state index in [1.54, 1.807) is 0 Å². The Morgan fingerprint density at radius 1 is 0.917 bits per heavy atom. The van der Waals surface area contributed by atoms with E-state index in [9.17, 15) is 0 Å². The van der Waals surface area contributed by atoms with Crippen LogP contribution < -0.4 is 10.2 Å². The van der Waals surface area contributed by atoms with E-state index in [1.165, 1.54) is 19.3 Å². The van der Waals surface area contributed by atoms with Gasteiger partial charge in [-0.15, -0.1) is 0 Å². The van der Waals surface area contributed by atoms with Crippen LogP contribution in [0.2, 0.25) is 0 Å². The molecule has 0 radical (unpaired) electrons. The molecule has 1 aliphatic rings. The van der Waals surface area contributed by atoms with Crippen LogP contribution in [0.3, 0.4) is 0 Å². The average Bonchev–Trinajstić information content (AvgIpc) is 2.67. The number of nitrogens with one attached hydrogen (secondary N) is 1. The van der Waals surface area contributed by atoms with Crippen LogP contribution in [0.1, 0.15) is 25.0 Å². The van der Waals surface area contributed by atoms with Gasteiger partial charge < -0.3 is 10.2 Å². The van der Waals surface area contributed by atoms with Gasteiger partial charge in [-0.05, 0) is 43.5 Å². The predicted molar refractivity (Wildman–Crippen MR) is 97.2 cm³/mol. The fourth-order valence-corrected chi connectivity index (χ4v) is 3.11. The standard InChI is InChI=1S/C19H21N5/c1-6-12-24(13-7-1)19-22-17-10-3-2-9-16(17)18(23-19)21-14-15-8-4-5-11-20-15/h2-5,8-11H,1,6-7,12-14H2,(H,21,22,23). The number of pyridine rings is 1. The molecule has 0 saturated carbocycles. The molecule has 3 heterocycles. The van der Waals surface area contributed by atoms with E-state index in [2.05, 4.69) is 27.3 Å². The molecule has 0 aliphatic carbocycles. The van der Waals surface area contributed by atoms with Gasteiger partial charge in [0, 0.05) is 24.7 Å². The summed E-state index contributed by atoms with van der Waals surface area (Å²) in [4.78, 5) is 16.3. The predicted octanol–water partition coefficient (Wildman–Crippen LogP) is 3.63. The maximum atomic E-state index is 4.82. The molecule has 1 aliphatic heterocycles. The third-order valence-electron chi connectivity index (χ3n) is 4.39. The van der Waals surface area contributed by atoms with E-state index in [4.69, 9.17) is 9.97 Å². The summed E-state index contributed by atoms with van der Waals surface area (Å²) >= 11 is 0. The Morgan fingerprint density at radius 3 is 2.58 bits per heavy atom. The minimum absolute atomic E-state index is 0.654. The number of rotatable bonds is 4. The molecule has 2 aromatic heterocycles. The Morgan fingerprint density at radius 2 is 1.75 bits per heavy atom. The highest BCUT2D eigenvalue weighted by Gasteiger charge is 2.16. The molecule has 0 unspecified atom stereocenters. The van der Waals surface area contributed by atoms with Gasteiger partial charge in [-0.3, -0.25) is 4.98 Å². The first kappa shape index (κ1) is 14.9. The number of hydrogen-bond acceptors (Lipinski definition) is 5. The summed E-state index contributed by atoms with van der Waals surface area (Å²) in [6.45, 7) is 2.73. The lowest BCUT2D eigenvalue weighted by Gasteiger charge is -2.27. The van der Waals surface area contributed by atoms with Crippen molar-refractivity contribution in [2.75, 3.05) is 23.3 Å². The molecular formula is C19H21N5. The summed E-state index contributed by atoms with van der Waals surface area (Å²) in [6.07, 6.45) is 5.54. The second-order valence-electron chi connectivity index (χ2n) is 6.11. The van der Waals surface area contributed by atoms with Crippen molar-refractivity contribution in [2.45, 2.75) is 25.8 Å². The van der Waals surface area contributed by atoms with Crippen molar-refractivity contribution in [3.05, 3.63) is 54.4 Å². The Kier molecular flexibility index (Phi) is 4.23. The maximum absolute atomic E-state index is 4.82. The zero-order chi connectivity index (χ0) is 16.2. The highest BCUT2D eigenvalue weighted by atomic mass is 15.3. The van der Waals surface area contributed by atoms with Crippen molar-refractivity contribution in [3.63, 3.8) is 0 Å². The van der Waals surface area contributed by atoms with Crippen LogP contribution in [0.15, 0.2) is 48.7 Å². The van der Waals surface area contributed by atoms with Gasteiger partial charge in [-0.2, -0.15) is 4.98 Å². The first-order valence-corrected chi connectivity index (χ1v) is 8.56. The van der Waals surface area contributed by atoms with Crippen molar-refractivity contribution < 1.29 is 0 Å². The van der Waals surface area contributed by atoms with Gasteiger partial charge in [0.05, 0.1) is 17.8 Å². The summed E-state index contributed by atoms with van der Waals surface area (Å²) < 4.78 is 0. The van der Waals surface area contributed by atoms with E-state index >= 15 is 0 Å². The lowest BCUT2D eigenvalue weighted by molar-refractivity contribution is 0.569. The molecule has 0 atom stereocenters. The second-order valence-corrected chi connectivity index (χ2v) is 6.11. The summed E-state index contributed by atoms with van der Waals surface area (Å²) in [6, 6.07) is 14.1. The SMILES string of the molecule is c1ccc(CNc2nc(N3CCCCC3)nc3ccccc23)nc1. The number of fused-ring (bicyclic) bond motifs is 1. The molecule has 0 bridgehead atoms. The van der Waals surface area contributed by atoms with E-state index in [1.807, 2.05) is 36.5 Å². The summed E-state index contributed by atoms with van der Waals surface area (Å²) in [5, 5.41) is 4.49. The lowest BCUT2D eigenvalue weighted by Crippen LogP contribution is -2.31. The molecule has 1 aromatic carbocycles. The molecule has 1 saturated heterocycles. The molecule has 4 rings (SSSR count). The van der Waals surface area contributed by atoms with Crippen molar-refractivity contribution in [2.24, 2.45) is 0 Å². The first-order chi connectivity index (χ1) is 11.9. The van der Waals surface area contributed by atoms with Crippen molar-refractivity contribution in [3.8, 4) is 0 Å². The fourth-order valence-electron chi connectivity index (χ4n) is 3.11. The Bertz CT molecular complexity index is 812. The minimum atomic E-state index is 0.654. The van der Waals surface area contributed by atoms with E-state index < -0.39 is 0 Å². The highest BCUT2D eigenvalue weighted by Crippen LogP contribution is 2.25. The summed E-state index contributed by atoms with van der Waals surface area (Å²) in [5.41, 5.74) is 1.98. The van der Waals surface area contributed by atoms with Crippen LogP contribution in [0.25, 0.3) is 10.9 Å². The molecule has 1 fully saturated rings. The largest absolute Gasteiger partial charge is 0.364 e. The Balaban J connectivity index is 1.66. The number of anilines is 2. The quantitative estimate of drug-likeness (QED) is 0.796. The van der Waals surface area contributed by atoms with Gasteiger partial charge in [-0.1, -0.05) is 18.2 Å². The third kappa shape index (κ3) is 3.15. The van der Waals surface area contributed by atoms with Gasteiger partial charge in [0.25, 0.3) is 0 Å². The van der Waals surface area contributed by atoms with Crippen molar-refractivity contribution >= 4 is 22.7 Å². The summed E-state index contributed by atoms with van der Waals surface area (Å²) in [7, 11) is 0. The average molecular weight is 319 g/mol. The molecular weight excluding hydrogens is 298 g/mol. The molecule has 122 valence electrons. The van der Waals surface area contributed by atoms with Crippen LogP contribution in [-0.4, -0.2) is 28.0 Å². The smallest absolute Gasteiger partial charge is 0.227 e. The lowest BCUT2D eigenvalue weighted by atomic mass is 10.1. The molecule has 1 N–H and O–H groups in total. The van der Waals surface area contributed by atoms with Crippen LogP contribution >= 0.6 is 0 Å². The van der Waals surface area contributed by atoms with Crippen LogP contribution in [-0.2, 0) is 6.54 Å². The monoisotopic (exact) mass is 319 g/mol. The maximum Gasteiger partial charge on any atom is 0.227 e. The van der Waals surface area contributed by atoms with E-state index in [0.717, 1.165) is 41.5 Å². The van der Waals surface area contributed by atoms with Crippen molar-refractivity contribution in [1.29, 1.82) is 0 Å². The Labute approximate surface area is 141 Å². The normalized spacial score (nSPS) is 14.8. The topological polar surface area (TPSA) is 53.9 Å². The molecule has 5 nitrogen and oxygen atoms in total. The van der Waals surface area contributed by atoms with Gasteiger partial charge in [0.15, 0.2) is 0 Å². The zero-order valence-corrected chi connectivity index (χ0v) is 13.7. The number of hydrogen-bond donors (Lipinski definition) is 1.